The second-order valence-electron chi connectivity index (χ2n) is 6.21. The molecule has 1 atom stereocenters. The molecule has 118 valence electrons. The summed E-state index contributed by atoms with van der Waals surface area (Å²) in [5.41, 5.74) is 1.20. The second kappa shape index (κ2) is 7.85. The van der Waals surface area contributed by atoms with Crippen LogP contribution in [0.25, 0.3) is 0 Å². The van der Waals surface area contributed by atoms with E-state index >= 15 is 0 Å². The van der Waals surface area contributed by atoms with Crippen molar-refractivity contribution in [2.24, 2.45) is 0 Å². The van der Waals surface area contributed by atoms with Gasteiger partial charge in [0.05, 0.1) is 0 Å². The highest BCUT2D eigenvalue weighted by molar-refractivity contribution is 5.23. The summed E-state index contributed by atoms with van der Waals surface area (Å²) in [4.78, 5) is 2.42. The number of benzene rings is 1. The van der Waals surface area contributed by atoms with Crippen molar-refractivity contribution in [2.45, 2.75) is 58.2 Å². The van der Waals surface area contributed by atoms with Gasteiger partial charge in [-0.3, -0.25) is 4.90 Å². The van der Waals surface area contributed by atoms with Gasteiger partial charge >= 0.3 is 0 Å². The molecule has 2 nitrogen and oxygen atoms in total. The first-order valence-electron chi connectivity index (χ1n) is 7.90. The summed E-state index contributed by atoms with van der Waals surface area (Å²) in [5, 5.41) is 3.57. The molecule has 0 amide bonds. The molecule has 1 aliphatic rings. The van der Waals surface area contributed by atoms with Gasteiger partial charge in [-0.2, -0.15) is 0 Å². The number of piperidine rings is 1. The van der Waals surface area contributed by atoms with E-state index < -0.39 is 6.43 Å². The molecule has 1 aromatic rings. The average Bonchev–Trinajstić information content (AvgIpc) is 2.48. The van der Waals surface area contributed by atoms with E-state index in [0.717, 1.165) is 25.2 Å². The van der Waals surface area contributed by atoms with Crippen LogP contribution in [-0.2, 0) is 6.54 Å². The maximum atomic E-state index is 12.6. The molecule has 1 unspecified atom stereocenters. The van der Waals surface area contributed by atoms with E-state index in [-0.39, 0.29) is 5.56 Å². The molecule has 0 aliphatic carbocycles. The Morgan fingerprint density at radius 3 is 2.43 bits per heavy atom. The van der Waals surface area contributed by atoms with Crippen LogP contribution in [-0.4, -0.2) is 30.1 Å². The lowest BCUT2D eigenvalue weighted by Gasteiger charge is -2.33. The summed E-state index contributed by atoms with van der Waals surface area (Å²) in [7, 11) is 0. The van der Waals surface area contributed by atoms with Gasteiger partial charge in [-0.05, 0) is 38.8 Å². The van der Waals surface area contributed by atoms with Gasteiger partial charge in [0, 0.05) is 30.7 Å². The lowest BCUT2D eigenvalue weighted by molar-refractivity contribution is 0.151. The van der Waals surface area contributed by atoms with Crippen molar-refractivity contribution in [2.75, 3.05) is 13.1 Å². The van der Waals surface area contributed by atoms with E-state index in [9.17, 15) is 8.78 Å². The number of halogens is 2. The van der Waals surface area contributed by atoms with Crippen LogP contribution in [0.3, 0.4) is 0 Å². The molecule has 0 saturated carbocycles. The molecular weight excluding hydrogens is 270 g/mol. The molecule has 0 bridgehead atoms. The zero-order valence-corrected chi connectivity index (χ0v) is 13.0. The quantitative estimate of drug-likeness (QED) is 0.854. The summed E-state index contributed by atoms with van der Waals surface area (Å²) >= 11 is 0. The standard InChI is InChI=1S/C17H26F2N2/c1-13(2)21(12-16-5-3-4-10-20-16)11-14-6-8-15(9-7-14)17(18)19/h6-9,13,16-17,20H,3-5,10-12H2,1-2H3. The number of nitrogens with one attached hydrogen (secondary N) is 1. The summed E-state index contributed by atoms with van der Waals surface area (Å²) in [6.07, 6.45) is 1.42. The highest BCUT2D eigenvalue weighted by Gasteiger charge is 2.19. The molecule has 1 fully saturated rings. The lowest BCUT2D eigenvalue weighted by atomic mass is 10.0. The van der Waals surface area contributed by atoms with E-state index in [4.69, 9.17) is 0 Å². The molecule has 1 aromatic carbocycles. The minimum absolute atomic E-state index is 0.101. The Balaban J connectivity index is 1.95. The number of rotatable bonds is 6. The summed E-state index contributed by atoms with van der Waals surface area (Å²) in [6, 6.07) is 7.73. The predicted octanol–water partition coefficient (Wildman–Crippen LogP) is 3.98. The highest BCUT2D eigenvalue weighted by atomic mass is 19.3. The third-order valence-corrected chi connectivity index (χ3v) is 4.21. The van der Waals surface area contributed by atoms with Crippen LogP contribution in [0.1, 0.15) is 50.7 Å². The lowest BCUT2D eigenvalue weighted by Crippen LogP contribution is -2.45. The van der Waals surface area contributed by atoms with Gasteiger partial charge in [-0.15, -0.1) is 0 Å². The number of hydrogen-bond donors (Lipinski definition) is 1. The molecule has 1 aliphatic heterocycles. The topological polar surface area (TPSA) is 15.3 Å². The van der Waals surface area contributed by atoms with Gasteiger partial charge < -0.3 is 5.32 Å². The Labute approximate surface area is 126 Å². The minimum Gasteiger partial charge on any atom is -0.313 e. The van der Waals surface area contributed by atoms with Crippen molar-refractivity contribution in [3.8, 4) is 0 Å². The van der Waals surface area contributed by atoms with Crippen LogP contribution < -0.4 is 5.32 Å². The van der Waals surface area contributed by atoms with Crippen molar-refractivity contribution >= 4 is 0 Å². The third-order valence-electron chi connectivity index (χ3n) is 4.21. The van der Waals surface area contributed by atoms with Crippen LogP contribution in [0, 0.1) is 0 Å². The molecule has 1 N–H and O–H groups in total. The third kappa shape index (κ3) is 5.04. The van der Waals surface area contributed by atoms with Gasteiger partial charge in [-0.25, -0.2) is 8.78 Å². The molecule has 0 aromatic heterocycles. The smallest absolute Gasteiger partial charge is 0.263 e. The SMILES string of the molecule is CC(C)N(Cc1ccc(C(F)F)cc1)CC1CCCCN1. The van der Waals surface area contributed by atoms with E-state index in [1.807, 2.05) is 12.1 Å². The molecule has 1 saturated heterocycles. The van der Waals surface area contributed by atoms with Crippen LogP contribution in [0.4, 0.5) is 8.78 Å². The van der Waals surface area contributed by atoms with Crippen LogP contribution in [0.5, 0.6) is 0 Å². The van der Waals surface area contributed by atoms with Gasteiger partial charge in [0.25, 0.3) is 6.43 Å². The maximum Gasteiger partial charge on any atom is 0.263 e. The summed E-state index contributed by atoms with van der Waals surface area (Å²) in [6.45, 7) is 7.33. The number of nitrogens with zero attached hydrogens (tertiary/aromatic N) is 1. The Hall–Kier alpha value is -1.00. The zero-order valence-electron chi connectivity index (χ0n) is 13.0. The summed E-state index contributed by atoms with van der Waals surface area (Å²) in [5.74, 6) is 0. The van der Waals surface area contributed by atoms with Crippen molar-refractivity contribution in [1.29, 1.82) is 0 Å². The minimum atomic E-state index is -2.38. The fraction of sp³-hybridized carbons (Fsp3) is 0.647. The van der Waals surface area contributed by atoms with E-state index in [2.05, 4.69) is 24.1 Å². The van der Waals surface area contributed by atoms with Crippen molar-refractivity contribution < 1.29 is 8.78 Å². The molecule has 1 heterocycles. The molecule has 2 rings (SSSR count). The largest absolute Gasteiger partial charge is 0.313 e. The van der Waals surface area contributed by atoms with E-state index in [0.29, 0.717) is 12.1 Å². The Morgan fingerprint density at radius 2 is 1.90 bits per heavy atom. The maximum absolute atomic E-state index is 12.6. The van der Waals surface area contributed by atoms with Crippen LogP contribution >= 0.6 is 0 Å². The first-order chi connectivity index (χ1) is 10.1. The Kier molecular flexibility index (Phi) is 6.12. The monoisotopic (exact) mass is 296 g/mol. The Morgan fingerprint density at radius 1 is 1.19 bits per heavy atom. The molecule has 0 spiro atoms. The van der Waals surface area contributed by atoms with Crippen LogP contribution in [0.2, 0.25) is 0 Å². The summed E-state index contributed by atoms with van der Waals surface area (Å²) < 4.78 is 25.2. The van der Waals surface area contributed by atoms with Crippen molar-refractivity contribution in [3.05, 3.63) is 35.4 Å². The molecule has 21 heavy (non-hydrogen) atoms. The first-order valence-corrected chi connectivity index (χ1v) is 7.90. The van der Waals surface area contributed by atoms with E-state index in [1.165, 1.54) is 31.4 Å². The fourth-order valence-electron chi connectivity index (χ4n) is 2.82. The van der Waals surface area contributed by atoms with Gasteiger partial charge in [0.1, 0.15) is 0 Å². The second-order valence-corrected chi connectivity index (χ2v) is 6.21. The predicted molar refractivity (Wildman–Crippen MR) is 82.6 cm³/mol. The normalized spacial score (nSPS) is 19.7. The average molecular weight is 296 g/mol. The van der Waals surface area contributed by atoms with Crippen molar-refractivity contribution in [1.82, 2.24) is 10.2 Å². The first kappa shape index (κ1) is 16.4. The number of alkyl halides is 2. The molecule has 0 radical (unpaired) electrons. The van der Waals surface area contributed by atoms with Gasteiger partial charge in [0.2, 0.25) is 0 Å². The van der Waals surface area contributed by atoms with Gasteiger partial charge in [0.15, 0.2) is 0 Å². The number of hydrogen-bond acceptors (Lipinski definition) is 2. The van der Waals surface area contributed by atoms with Gasteiger partial charge in [-0.1, -0.05) is 30.7 Å². The fourth-order valence-corrected chi connectivity index (χ4v) is 2.82. The molecular formula is C17H26F2N2. The highest BCUT2D eigenvalue weighted by Crippen LogP contribution is 2.20. The Bertz CT molecular complexity index is 411. The van der Waals surface area contributed by atoms with E-state index in [1.54, 1.807) is 0 Å². The molecule has 4 heteroatoms. The van der Waals surface area contributed by atoms with Crippen LogP contribution in [0.15, 0.2) is 24.3 Å². The van der Waals surface area contributed by atoms with Crippen molar-refractivity contribution in [3.63, 3.8) is 0 Å². The zero-order chi connectivity index (χ0) is 15.2.